The Labute approximate surface area is 160 Å². The maximum absolute atomic E-state index is 11.5. The van der Waals surface area contributed by atoms with Gasteiger partial charge in [-0.05, 0) is 29.3 Å². The summed E-state index contributed by atoms with van der Waals surface area (Å²) in [5.74, 6) is -1.29. The van der Waals surface area contributed by atoms with E-state index in [2.05, 4.69) is 15.0 Å². The Kier molecular flexibility index (Phi) is 4.33. The number of aliphatic imine (C=N–C) groups is 2. The van der Waals surface area contributed by atoms with Gasteiger partial charge in [-0.25, -0.2) is 4.79 Å². The first-order valence-corrected chi connectivity index (χ1v) is 8.66. The minimum absolute atomic E-state index is 0.0823. The standard InChI is InChI=1S/C20H15ClN4O2/c21-14-10-13(9-12-7-4-8-23-15(12)14)17-16(11-5-2-1-3-6-11)25-19(22)18(24-17)20(26)27/h1-10,16-17H,(H2,22,25)(H,26,27). The van der Waals surface area contributed by atoms with Crippen LogP contribution in [-0.4, -0.2) is 27.6 Å². The number of nitrogens with zero attached hydrogens (tertiary/aromatic N) is 3. The van der Waals surface area contributed by atoms with Crippen molar-refractivity contribution in [2.24, 2.45) is 15.7 Å². The molecule has 3 aromatic rings. The number of fused-ring (bicyclic) bond motifs is 1. The molecule has 2 aromatic carbocycles. The van der Waals surface area contributed by atoms with Crippen LogP contribution in [0.4, 0.5) is 0 Å². The number of aliphatic carboxylic acids is 1. The van der Waals surface area contributed by atoms with Crippen LogP contribution < -0.4 is 5.73 Å². The first-order valence-electron chi connectivity index (χ1n) is 8.28. The Balaban J connectivity index is 1.90. The van der Waals surface area contributed by atoms with E-state index >= 15 is 0 Å². The van der Waals surface area contributed by atoms with Crippen LogP contribution in [0.5, 0.6) is 0 Å². The van der Waals surface area contributed by atoms with Crippen molar-refractivity contribution >= 4 is 40.0 Å². The van der Waals surface area contributed by atoms with Crippen molar-refractivity contribution in [3.63, 3.8) is 0 Å². The third-order valence-electron chi connectivity index (χ3n) is 4.45. The summed E-state index contributed by atoms with van der Waals surface area (Å²) in [7, 11) is 0. The molecule has 2 atom stereocenters. The van der Waals surface area contributed by atoms with Crippen molar-refractivity contribution in [3.05, 3.63) is 76.9 Å². The fourth-order valence-corrected chi connectivity index (χ4v) is 3.51. The van der Waals surface area contributed by atoms with Crippen LogP contribution in [0.3, 0.4) is 0 Å². The van der Waals surface area contributed by atoms with Gasteiger partial charge in [-0.3, -0.25) is 15.0 Å². The molecule has 0 saturated heterocycles. The molecule has 4 rings (SSSR count). The molecule has 134 valence electrons. The molecule has 0 saturated carbocycles. The van der Waals surface area contributed by atoms with Gasteiger partial charge in [-0.2, -0.15) is 0 Å². The van der Waals surface area contributed by atoms with Crippen molar-refractivity contribution in [3.8, 4) is 0 Å². The zero-order chi connectivity index (χ0) is 19.0. The number of hydrogen-bond donors (Lipinski definition) is 2. The lowest BCUT2D eigenvalue weighted by molar-refractivity contribution is -0.129. The number of halogens is 1. The zero-order valence-electron chi connectivity index (χ0n) is 14.1. The molecule has 3 N–H and O–H groups in total. The number of rotatable bonds is 3. The van der Waals surface area contributed by atoms with Crippen LogP contribution in [0.25, 0.3) is 10.9 Å². The van der Waals surface area contributed by atoms with Gasteiger partial charge in [0.1, 0.15) is 12.1 Å². The van der Waals surface area contributed by atoms with Gasteiger partial charge in [0.15, 0.2) is 11.5 Å². The number of carboxylic acid groups (broad SMARTS) is 1. The third kappa shape index (κ3) is 3.15. The van der Waals surface area contributed by atoms with Gasteiger partial charge < -0.3 is 10.8 Å². The van der Waals surface area contributed by atoms with E-state index in [1.54, 1.807) is 12.3 Å². The molecule has 0 amide bonds. The van der Waals surface area contributed by atoms with Gasteiger partial charge in [0.25, 0.3) is 0 Å². The Morgan fingerprint density at radius 1 is 1.00 bits per heavy atom. The summed E-state index contributed by atoms with van der Waals surface area (Å²) in [4.78, 5) is 24.7. The van der Waals surface area contributed by atoms with Crippen LogP contribution in [0.15, 0.2) is 70.8 Å². The van der Waals surface area contributed by atoms with E-state index in [9.17, 15) is 9.90 Å². The molecule has 2 heterocycles. The molecular formula is C20H15ClN4O2. The normalized spacial score (nSPS) is 19.4. The minimum Gasteiger partial charge on any atom is -0.476 e. The molecule has 0 fully saturated rings. The first kappa shape index (κ1) is 17.2. The highest BCUT2D eigenvalue weighted by Crippen LogP contribution is 2.39. The molecule has 6 nitrogen and oxygen atoms in total. The maximum atomic E-state index is 11.5. The van der Waals surface area contributed by atoms with Crippen molar-refractivity contribution in [1.82, 2.24) is 4.98 Å². The number of hydrogen-bond acceptors (Lipinski definition) is 5. The van der Waals surface area contributed by atoms with E-state index < -0.39 is 18.1 Å². The number of carboxylic acids is 1. The van der Waals surface area contributed by atoms with Crippen molar-refractivity contribution in [1.29, 1.82) is 0 Å². The Bertz CT molecular complexity index is 1100. The summed E-state index contributed by atoms with van der Waals surface area (Å²) >= 11 is 6.41. The molecule has 0 aliphatic carbocycles. The molecule has 1 aliphatic rings. The SMILES string of the molecule is NC1=NC(c2ccccc2)C(c2cc(Cl)c3ncccc3c2)N=C1C(=O)O. The summed E-state index contributed by atoms with van der Waals surface area (Å²) in [6, 6.07) is 15.9. The Morgan fingerprint density at radius 2 is 1.74 bits per heavy atom. The molecule has 0 spiro atoms. The lowest BCUT2D eigenvalue weighted by atomic mass is 9.92. The maximum Gasteiger partial charge on any atom is 0.357 e. The average Bonchev–Trinajstić information content (AvgIpc) is 2.68. The number of carbonyl (C=O) groups is 1. The molecule has 7 heteroatoms. The summed E-state index contributed by atoms with van der Waals surface area (Å²) in [5.41, 5.74) is 7.95. The smallest absolute Gasteiger partial charge is 0.357 e. The second-order valence-corrected chi connectivity index (χ2v) is 6.58. The lowest BCUT2D eigenvalue weighted by Crippen LogP contribution is -2.35. The van der Waals surface area contributed by atoms with Gasteiger partial charge in [0.2, 0.25) is 0 Å². The van der Waals surface area contributed by atoms with Crippen molar-refractivity contribution < 1.29 is 9.90 Å². The largest absolute Gasteiger partial charge is 0.476 e. The number of aromatic nitrogens is 1. The minimum atomic E-state index is -1.21. The highest BCUT2D eigenvalue weighted by Gasteiger charge is 2.32. The Hall–Kier alpha value is -3.25. The monoisotopic (exact) mass is 378 g/mol. The molecular weight excluding hydrogens is 364 g/mol. The highest BCUT2D eigenvalue weighted by atomic mass is 35.5. The van der Waals surface area contributed by atoms with Gasteiger partial charge in [0.05, 0.1) is 10.5 Å². The van der Waals surface area contributed by atoms with Gasteiger partial charge in [-0.15, -0.1) is 0 Å². The topological polar surface area (TPSA) is 101 Å². The van der Waals surface area contributed by atoms with E-state index in [1.807, 2.05) is 48.5 Å². The first-order chi connectivity index (χ1) is 13.0. The zero-order valence-corrected chi connectivity index (χ0v) is 14.8. The van der Waals surface area contributed by atoms with Crippen LogP contribution in [-0.2, 0) is 4.79 Å². The van der Waals surface area contributed by atoms with Crippen molar-refractivity contribution in [2.45, 2.75) is 12.1 Å². The van der Waals surface area contributed by atoms with Crippen LogP contribution in [0.2, 0.25) is 5.02 Å². The molecule has 0 bridgehead atoms. The second-order valence-electron chi connectivity index (χ2n) is 6.18. The van der Waals surface area contributed by atoms with E-state index in [0.29, 0.717) is 10.5 Å². The van der Waals surface area contributed by atoms with Crippen LogP contribution in [0, 0.1) is 0 Å². The van der Waals surface area contributed by atoms with Crippen LogP contribution in [0.1, 0.15) is 23.2 Å². The molecule has 1 aromatic heterocycles. The number of nitrogens with two attached hydrogens (primary N) is 1. The quantitative estimate of drug-likeness (QED) is 0.727. The van der Waals surface area contributed by atoms with Crippen molar-refractivity contribution in [2.75, 3.05) is 0 Å². The fraction of sp³-hybridized carbons (Fsp3) is 0.100. The fourth-order valence-electron chi connectivity index (χ4n) is 3.23. The number of pyridine rings is 1. The molecule has 2 unspecified atom stereocenters. The van der Waals surface area contributed by atoms with Gasteiger partial charge >= 0.3 is 5.97 Å². The summed E-state index contributed by atoms with van der Waals surface area (Å²) in [6.45, 7) is 0. The summed E-state index contributed by atoms with van der Waals surface area (Å²) in [6.07, 6.45) is 1.67. The third-order valence-corrected chi connectivity index (χ3v) is 4.74. The number of amidine groups is 1. The van der Waals surface area contributed by atoms with E-state index in [1.165, 1.54) is 0 Å². The van der Waals surface area contributed by atoms with Crippen LogP contribution >= 0.6 is 11.6 Å². The predicted octanol–water partition coefficient (Wildman–Crippen LogP) is 3.57. The van der Waals surface area contributed by atoms with E-state index in [0.717, 1.165) is 16.5 Å². The molecule has 27 heavy (non-hydrogen) atoms. The number of benzene rings is 2. The molecule has 1 aliphatic heterocycles. The van der Waals surface area contributed by atoms with Gasteiger partial charge in [-0.1, -0.05) is 48.0 Å². The Morgan fingerprint density at radius 3 is 2.48 bits per heavy atom. The highest BCUT2D eigenvalue weighted by molar-refractivity contribution is 6.64. The lowest BCUT2D eigenvalue weighted by Gasteiger charge is -2.26. The molecule has 0 radical (unpaired) electrons. The predicted molar refractivity (Wildman–Crippen MR) is 105 cm³/mol. The summed E-state index contributed by atoms with van der Waals surface area (Å²) in [5, 5.41) is 10.8. The van der Waals surface area contributed by atoms with E-state index in [4.69, 9.17) is 17.3 Å². The second kappa shape index (κ2) is 6.81. The van der Waals surface area contributed by atoms with E-state index in [-0.39, 0.29) is 11.5 Å². The average molecular weight is 379 g/mol. The van der Waals surface area contributed by atoms with Gasteiger partial charge in [0, 0.05) is 11.6 Å². The summed E-state index contributed by atoms with van der Waals surface area (Å²) < 4.78 is 0.